The lowest BCUT2D eigenvalue weighted by Gasteiger charge is -2.32. The number of nitrogens with zero attached hydrogens (tertiary/aromatic N) is 2. The first-order valence-corrected chi connectivity index (χ1v) is 5.21. The van der Waals surface area contributed by atoms with Crippen LogP contribution in [0.3, 0.4) is 0 Å². The molecule has 0 unspecified atom stereocenters. The van der Waals surface area contributed by atoms with Crippen molar-refractivity contribution in [1.29, 1.82) is 0 Å². The molecular formula is C11H19N3O. The van der Waals surface area contributed by atoms with Crippen LogP contribution in [0.15, 0.2) is 18.3 Å². The summed E-state index contributed by atoms with van der Waals surface area (Å²) in [7, 11) is 0. The SMILES string of the molecule is CC(C)N(c1ccc[n+]([O-])c1N)C(C)C. The Balaban J connectivity index is 3.17. The van der Waals surface area contributed by atoms with Gasteiger partial charge in [-0.2, -0.15) is 0 Å². The molecule has 4 heteroatoms. The molecule has 0 aliphatic carbocycles. The Morgan fingerprint density at radius 3 is 2.27 bits per heavy atom. The Morgan fingerprint density at radius 1 is 1.27 bits per heavy atom. The van der Waals surface area contributed by atoms with E-state index >= 15 is 0 Å². The molecule has 1 rings (SSSR count). The number of nitrogens with two attached hydrogens (primary N) is 1. The van der Waals surface area contributed by atoms with Crippen LogP contribution >= 0.6 is 0 Å². The van der Waals surface area contributed by atoms with Gasteiger partial charge in [-0.15, -0.1) is 0 Å². The van der Waals surface area contributed by atoms with Gasteiger partial charge in [-0.1, -0.05) is 0 Å². The van der Waals surface area contributed by atoms with Crippen molar-refractivity contribution in [2.24, 2.45) is 0 Å². The van der Waals surface area contributed by atoms with Crippen LogP contribution in [-0.2, 0) is 0 Å². The fraction of sp³-hybridized carbons (Fsp3) is 0.545. The molecule has 0 bridgehead atoms. The Bertz CT molecular complexity index is 329. The van der Waals surface area contributed by atoms with E-state index in [1.165, 1.54) is 6.20 Å². The van der Waals surface area contributed by atoms with Crippen molar-refractivity contribution in [3.8, 4) is 0 Å². The smallest absolute Gasteiger partial charge is 0.299 e. The predicted molar refractivity (Wildman–Crippen MR) is 62.6 cm³/mol. The molecule has 15 heavy (non-hydrogen) atoms. The number of pyridine rings is 1. The average molecular weight is 209 g/mol. The first-order chi connectivity index (χ1) is 6.95. The first kappa shape index (κ1) is 11.6. The normalized spacial score (nSPS) is 11.1. The van der Waals surface area contributed by atoms with Gasteiger partial charge in [0, 0.05) is 12.1 Å². The zero-order chi connectivity index (χ0) is 11.6. The molecule has 0 radical (unpaired) electrons. The van der Waals surface area contributed by atoms with Crippen LogP contribution in [0.4, 0.5) is 11.5 Å². The summed E-state index contributed by atoms with van der Waals surface area (Å²) in [6.07, 6.45) is 1.41. The van der Waals surface area contributed by atoms with Crippen molar-refractivity contribution in [2.75, 3.05) is 10.6 Å². The van der Waals surface area contributed by atoms with E-state index in [0.717, 1.165) is 5.69 Å². The standard InChI is InChI=1S/C11H19N3O/c1-8(2)14(9(3)4)10-6-5-7-13(15)11(10)12/h5-9H,12H2,1-4H3. The van der Waals surface area contributed by atoms with Crippen LogP contribution in [0.1, 0.15) is 27.7 Å². The van der Waals surface area contributed by atoms with E-state index in [4.69, 9.17) is 5.73 Å². The third-order valence-corrected chi connectivity index (χ3v) is 2.37. The van der Waals surface area contributed by atoms with Crippen LogP contribution in [0.2, 0.25) is 0 Å². The third-order valence-electron chi connectivity index (χ3n) is 2.37. The van der Waals surface area contributed by atoms with Crippen LogP contribution in [-0.4, -0.2) is 12.1 Å². The van der Waals surface area contributed by atoms with Gasteiger partial charge in [-0.3, -0.25) is 5.73 Å². The van der Waals surface area contributed by atoms with Crippen molar-refractivity contribution in [3.63, 3.8) is 0 Å². The van der Waals surface area contributed by atoms with E-state index < -0.39 is 0 Å². The van der Waals surface area contributed by atoms with Gasteiger partial charge in [0.25, 0.3) is 5.82 Å². The highest BCUT2D eigenvalue weighted by Gasteiger charge is 2.19. The van der Waals surface area contributed by atoms with Crippen LogP contribution < -0.4 is 15.4 Å². The summed E-state index contributed by atoms with van der Waals surface area (Å²) in [6.45, 7) is 8.34. The molecule has 0 saturated heterocycles. The molecule has 0 aromatic carbocycles. The van der Waals surface area contributed by atoms with Crippen molar-refractivity contribution < 1.29 is 4.73 Å². The molecule has 0 amide bonds. The van der Waals surface area contributed by atoms with E-state index in [0.29, 0.717) is 16.8 Å². The van der Waals surface area contributed by atoms with Gasteiger partial charge in [0.05, 0.1) is 6.20 Å². The zero-order valence-corrected chi connectivity index (χ0v) is 9.77. The van der Waals surface area contributed by atoms with Gasteiger partial charge >= 0.3 is 0 Å². The van der Waals surface area contributed by atoms with Gasteiger partial charge in [-0.05, 0) is 39.8 Å². The summed E-state index contributed by atoms with van der Waals surface area (Å²) < 4.78 is 0.701. The van der Waals surface area contributed by atoms with Crippen molar-refractivity contribution in [2.45, 2.75) is 39.8 Å². The highest BCUT2D eigenvalue weighted by molar-refractivity contribution is 5.61. The Morgan fingerprint density at radius 2 is 1.80 bits per heavy atom. The minimum absolute atomic E-state index is 0.264. The van der Waals surface area contributed by atoms with Crippen molar-refractivity contribution in [1.82, 2.24) is 0 Å². The topological polar surface area (TPSA) is 56.2 Å². The van der Waals surface area contributed by atoms with Crippen LogP contribution in [0.5, 0.6) is 0 Å². The van der Waals surface area contributed by atoms with E-state index in [1.54, 1.807) is 6.07 Å². The summed E-state index contributed by atoms with van der Waals surface area (Å²) in [5.74, 6) is 0.264. The minimum Gasteiger partial charge on any atom is -0.711 e. The fourth-order valence-electron chi connectivity index (χ4n) is 1.86. The van der Waals surface area contributed by atoms with E-state index in [-0.39, 0.29) is 5.82 Å². The minimum atomic E-state index is 0.264. The predicted octanol–water partition coefficient (Wildman–Crippen LogP) is 1.53. The monoisotopic (exact) mass is 209 g/mol. The second-order valence-corrected chi connectivity index (χ2v) is 4.20. The quantitative estimate of drug-likeness (QED) is 0.606. The van der Waals surface area contributed by atoms with E-state index in [2.05, 4.69) is 32.6 Å². The Labute approximate surface area is 90.9 Å². The third kappa shape index (κ3) is 2.32. The van der Waals surface area contributed by atoms with E-state index in [1.807, 2.05) is 6.07 Å². The molecule has 0 saturated carbocycles. The molecule has 2 N–H and O–H groups in total. The summed E-state index contributed by atoms with van der Waals surface area (Å²) >= 11 is 0. The molecule has 1 aromatic rings. The summed E-state index contributed by atoms with van der Waals surface area (Å²) in [5.41, 5.74) is 6.57. The van der Waals surface area contributed by atoms with Crippen LogP contribution in [0, 0.1) is 5.21 Å². The molecular weight excluding hydrogens is 190 g/mol. The highest BCUT2D eigenvalue weighted by Crippen LogP contribution is 2.23. The summed E-state index contributed by atoms with van der Waals surface area (Å²) in [6, 6.07) is 4.23. The number of hydrogen-bond acceptors (Lipinski definition) is 3. The van der Waals surface area contributed by atoms with Gasteiger partial charge in [0.1, 0.15) is 5.69 Å². The largest absolute Gasteiger partial charge is 0.711 e. The molecule has 4 nitrogen and oxygen atoms in total. The van der Waals surface area contributed by atoms with Gasteiger partial charge in [0.2, 0.25) is 0 Å². The number of aromatic nitrogens is 1. The number of anilines is 2. The zero-order valence-electron chi connectivity index (χ0n) is 9.77. The van der Waals surface area contributed by atoms with Crippen molar-refractivity contribution >= 4 is 11.5 Å². The number of nitrogen functional groups attached to an aromatic ring is 1. The Kier molecular flexibility index (Phi) is 3.39. The Hall–Kier alpha value is -1.45. The number of rotatable bonds is 3. The molecule has 84 valence electrons. The molecule has 1 heterocycles. The van der Waals surface area contributed by atoms with Gasteiger partial charge < -0.3 is 10.1 Å². The van der Waals surface area contributed by atoms with Gasteiger partial charge in [0.15, 0.2) is 0 Å². The maximum atomic E-state index is 11.4. The molecule has 0 atom stereocenters. The first-order valence-electron chi connectivity index (χ1n) is 5.21. The fourth-order valence-corrected chi connectivity index (χ4v) is 1.86. The average Bonchev–Trinajstić information content (AvgIpc) is 2.11. The highest BCUT2D eigenvalue weighted by atomic mass is 16.5. The van der Waals surface area contributed by atoms with Crippen molar-refractivity contribution in [3.05, 3.63) is 23.5 Å². The maximum Gasteiger partial charge on any atom is 0.299 e. The molecule has 0 spiro atoms. The summed E-state index contributed by atoms with van der Waals surface area (Å²) in [5, 5.41) is 11.4. The maximum absolute atomic E-state index is 11.4. The number of hydrogen-bond donors (Lipinski definition) is 1. The molecule has 0 fully saturated rings. The lowest BCUT2D eigenvalue weighted by Crippen LogP contribution is -2.40. The second kappa shape index (κ2) is 4.38. The van der Waals surface area contributed by atoms with E-state index in [9.17, 15) is 5.21 Å². The van der Waals surface area contributed by atoms with Crippen LogP contribution in [0.25, 0.3) is 0 Å². The second-order valence-electron chi connectivity index (χ2n) is 4.20. The molecule has 0 aliphatic heterocycles. The molecule has 0 aliphatic rings. The summed E-state index contributed by atoms with van der Waals surface area (Å²) in [4.78, 5) is 2.13. The lowest BCUT2D eigenvalue weighted by atomic mass is 10.2. The lowest BCUT2D eigenvalue weighted by molar-refractivity contribution is -0.589. The molecule has 1 aromatic heterocycles. The van der Waals surface area contributed by atoms with Gasteiger partial charge in [-0.25, -0.2) is 4.73 Å².